The Hall–Kier alpha value is -2.15. The number of carbonyl (C=O) groups excluding carboxylic acids is 1. The van der Waals surface area contributed by atoms with Gasteiger partial charge in [0.15, 0.2) is 5.15 Å². The van der Waals surface area contributed by atoms with Gasteiger partial charge in [-0.25, -0.2) is 4.98 Å². The smallest absolute Gasteiger partial charge is 0.293 e. The molecule has 0 fully saturated rings. The summed E-state index contributed by atoms with van der Waals surface area (Å²) in [6.45, 7) is 1.84. The summed E-state index contributed by atoms with van der Waals surface area (Å²) in [4.78, 5) is 19.3. The third-order valence-corrected chi connectivity index (χ3v) is 2.24. The first kappa shape index (κ1) is 11.3. The molecule has 0 bridgehead atoms. The number of rotatable bonds is 2. The van der Waals surface area contributed by atoms with Crippen LogP contribution < -0.4 is 11.1 Å². The van der Waals surface area contributed by atoms with E-state index >= 15 is 0 Å². The van der Waals surface area contributed by atoms with Crippen molar-refractivity contribution >= 4 is 29.1 Å². The predicted octanol–water partition coefficient (Wildman–Crippen LogP) is 0.996. The minimum atomic E-state index is -0.483. The molecule has 7 nitrogen and oxygen atoms in total. The summed E-state index contributed by atoms with van der Waals surface area (Å²) in [6, 6.07) is 1.70. The number of nitrogen functional groups attached to an aromatic ring is 1. The van der Waals surface area contributed by atoms with Crippen LogP contribution in [0.1, 0.15) is 16.2 Å². The van der Waals surface area contributed by atoms with Crippen molar-refractivity contribution in [2.24, 2.45) is 0 Å². The van der Waals surface area contributed by atoms with Crippen LogP contribution >= 0.6 is 11.6 Å². The zero-order valence-electron chi connectivity index (χ0n) is 8.86. The Bertz CT molecular complexity index is 566. The number of aromatic nitrogens is 4. The number of nitrogens with one attached hydrogen (secondary N) is 2. The van der Waals surface area contributed by atoms with E-state index < -0.39 is 5.91 Å². The number of pyridine rings is 1. The normalized spacial score (nSPS) is 10.2. The van der Waals surface area contributed by atoms with Gasteiger partial charge in [-0.1, -0.05) is 11.6 Å². The number of nitrogens with zero attached hydrogens (tertiary/aromatic N) is 3. The minimum Gasteiger partial charge on any atom is -0.366 e. The molecule has 1 amide bonds. The Labute approximate surface area is 101 Å². The quantitative estimate of drug-likeness (QED) is 0.691. The molecule has 88 valence electrons. The highest BCUT2D eigenvalue weighted by Gasteiger charge is 2.13. The van der Waals surface area contributed by atoms with Crippen molar-refractivity contribution in [2.75, 3.05) is 11.1 Å². The van der Waals surface area contributed by atoms with Gasteiger partial charge in [0.25, 0.3) is 5.91 Å². The summed E-state index contributed by atoms with van der Waals surface area (Å²) in [5, 5.41) is 8.71. The second-order valence-electron chi connectivity index (χ2n) is 3.35. The number of nitrogens with two attached hydrogens (primary N) is 1. The Morgan fingerprint density at radius 2 is 2.35 bits per heavy atom. The van der Waals surface area contributed by atoms with E-state index in [-0.39, 0.29) is 16.9 Å². The third kappa shape index (κ3) is 2.51. The second-order valence-corrected chi connectivity index (χ2v) is 3.71. The Morgan fingerprint density at radius 3 is 3.00 bits per heavy atom. The van der Waals surface area contributed by atoms with E-state index in [2.05, 4.69) is 25.5 Å². The van der Waals surface area contributed by atoms with Crippen molar-refractivity contribution in [3.63, 3.8) is 0 Å². The van der Waals surface area contributed by atoms with Gasteiger partial charge in [0, 0.05) is 6.20 Å². The highest BCUT2D eigenvalue weighted by Crippen LogP contribution is 2.20. The number of aromatic amines is 1. The molecule has 0 saturated carbocycles. The van der Waals surface area contributed by atoms with E-state index in [0.717, 1.165) is 5.56 Å². The number of amides is 1. The maximum Gasteiger partial charge on any atom is 0.293 e. The largest absolute Gasteiger partial charge is 0.366 e. The lowest BCUT2D eigenvalue weighted by molar-refractivity contribution is 0.101. The second kappa shape index (κ2) is 4.38. The first-order chi connectivity index (χ1) is 8.06. The van der Waals surface area contributed by atoms with Gasteiger partial charge in [-0.2, -0.15) is 4.98 Å². The molecule has 0 aromatic carbocycles. The lowest BCUT2D eigenvalue weighted by atomic mass is 10.3. The highest BCUT2D eigenvalue weighted by molar-refractivity contribution is 6.32. The summed E-state index contributed by atoms with van der Waals surface area (Å²) < 4.78 is 0. The van der Waals surface area contributed by atoms with Crippen LogP contribution in [0.5, 0.6) is 0 Å². The lowest BCUT2D eigenvalue weighted by Crippen LogP contribution is -2.14. The fraction of sp³-hybridized carbons (Fsp3) is 0.111. The van der Waals surface area contributed by atoms with Crippen LogP contribution in [-0.2, 0) is 0 Å². The SMILES string of the molecule is Cc1cnc(Cl)c(NC(=O)c2nc(N)n[nH]2)c1. The molecule has 4 N–H and O–H groups in total. The molecular weight excluding hydrogens is 244 g/mol. The lowest BCUT2D eigenvalue weighted by Gasteiger charge is -2.05. The molecule has 8 heteroatoms. The molecule has 0 saturated heterocycles. The Balaban J connectivity index is 2.21. The van der Waals surface area contributed by atoms with E-state index in [9.17, 15) is 4.79 Å². The highest BCUT2D eigenvalue weighted by atomic mass is 35.5. The van der Waals surface area contributed by atoms with Crippen molar-refractivity contribution in [3.05, 3.63) is 28.8 Å². The molecule has 0 aliphatic heterocycles. The Kier molecular flexibility index (Phi) is 2.92. The number of anilines is 2. The number of H-pyrrole nitrogens is 1. The van der Waals surface area contributed by atoms with E-state index in [0.29, 0.717) is 5.69 Å². The molecule has 0 aliphatic carbocycles. The maximum absolute atomic E-state index is 11.7. The first-order valence-corrected chi connectivity index (χ1v) is 5.05. The van der Waals surface area contributed by atoms with Gasteiger partial charge in [0.05, 0.1) is 5.69 Å². The van der Waals surface area contributed by atoms with E-state index in [1.807, 2.05) is 6.92 Å². The van der Waals surface area contributed by atoms with Gasteiger partial charge in [0.2, 0.25) is 11.8 Å². The molecule has 2 rings (SSSR count). The molecule has 2 aromatic rings. The molecule has 0 spiro atoms. The average molecular weight is 253 g/mol. The zero-order valence-corrected chi connectivity index (χ0v) is 9.62. The Morgan fingerprint density at radius 1 is 1.59 bits per heavy atom. The molecule has 2 aromatic heterocycles. The molecule has 0 atom stereocenters. The van der Waals surface area contributed by atoms with Gasteiger partial charge in [-0.3, -0.25) is 9.89 Å². The van der Waals surface area contributed by atoms with Crippen molar-refractivity contribution in [1.29, 1.82) is 0 Å². The summed E-state index contributed by atoms with van der Waals surface area (Å²) >= 11 is 5.84. The van der Waals surface area contributed by atoms with Crippen molar-refractivity contribution in [2.45, 2.75) is 6.92 Å². The number of hydrogen-bond acceptors (Lipinski definition) is 5. The number of halogens is 1. The van der Waals surface area contributed by atoms with Crippen LogP contribution in [0.3, 0.4) is 0 Å². The molecule has 17 heavy (non-hydrogen) atoms. The fourth-order valence-corrected chi connectivity index (χ4v) is 1.35. The summed E-state index contributed by atoms with van der Waals surface area (Å²) in [5.74, 6) is -0.466. The first-order valence-electron chi connectivity index (χ1n) is 4.67. The summed E-state index contributed by atoms with van der Waals surface area (Å²) in [7, 11) is 0. The van der Waals surface area contributed by atoms with Crippen LogP contribution in [0, 0.1) is 6.92 Å². The summed E-state index contributed by atoms with van der Waals surface area (Å²) in [6.07, 6.45) is 1.60. The average Bonchev–Trinajstić information content (AvgIpc) is 2.70. The monoisotopic (exact) mass is 252 g/mol. The van der Waals surface area contributed by atoms with E-state index in [1.54, 1.807) is 12.3 Å². The van der Waals surface area contributed by atoms with E-state index in [1.165, 1.54) is 0 Å². The zero-order chi connectivity index (χ0) is 12.4. The fourth-order valence-electron chi connectivity index (χ4n) is 1.20. The number of hydrogen-bond donors (Lipinski definition) is 3. The minimum absolute atomic E-state index is 0.00335. The number of carbonyl (C=O) groups is 1. The molecule has 0 radical (unpaired) electrons. The van der Waals surface area contributed by atoms with Crippen LogP contribution in [0.25, 0.3) is 0 Å². The maximum atomic E-state index is 11.7. The molecule has 0 aliphatic rings. The van der Waals surface area contributed by atoms with Gasteiger partial charge < -0.3 is 11.1 Å². The van der Waals surface area contributed by atoms with Gasteiger partial charge in [-0.15, -0.1) is 5.10 Å². The standard InChI is InChI=1S/C9H9ClN6O/c1-4-2-5(6(10)12-3-4)13-8(17)7-14-9(11)16-15-7/h2-3H,1H3,(H,13,17)(H3,11,14,15,16). The van der Waals surface area contributed by atoms with E-state index in [4.69, 9.17) is 17.3 Å². The van der Waals surface area contributed by atoms with Crippen molar-refractivity contribution < 1.29 is 4.79 Å². The molecule has 2 heterocycles. The molecular formula is C9H9ClN6O. The van der Waals surface area contributed by atoms with Gasteiger partial charge in [0.1, 0.15) is 0 Å². The van der Waals surface area contributed by atoms with Crippen LogP contribution in [-0.4, -0.2) is 26.1 Å². The van der Waals surface area contributed by atoms with Gasteiger partial charge >= 0.3 is 0 Å². The number of aryl methyl sites for hydroxylation is 1. The van der Waals surface area contributed by atoms with Crippen LogP contribution in [0.4, 0.5) is 11.6 Å². The summed E-state index contributed by atoms with van der Waals surface area (Å²) in [5.41, 5.74) is 6.58. The van der Waals surface area contributed by atoms with Crippen molar-refractivity contribution in [3.8, 4) is 0 Å². The molecule has 0 unspecified atom stereocenters. The van der Waals surface area contributed by atoms with Crippen molar-refractivity contribution in [1.82, 2.24) is 20.2 Å². The predicted molar refractivity (Wildman–Crippen MR) is 62.7 cm³/mol. The van der Waals surface area contributed by atoms with Gasteiger partial charge in [-0.05, 0) is 18.6 Å². The third-order valence-electron chi connectivity index (χ3n) is 1.94. The van der Waals surface area contributed by atoms with Crippen LogP contribution in [0.2, 0.25) is 5.15 Å². The topological polar surface area (TPSA) is 110 Å². The van der Waals surface area contributed by atoms with Crippen LogP contribution in [0.15, 0.2) is 12.3 Å².